The SMILES string of the molecule is COC(=O)c1nc(C)n(-c2ccc(C)nc2)c1N. The number of nitrogens with zero attached hydrogens (tertiary/aromatic N) is 3. The number of aryl methyl sites for hydroxylation is 2. The summed E-state index contributed by atoms with van der Waals surface area (Å²) >= 11 is 0. The van der Waals surface area contributed by atoms with Gasteiger partial charge in [0.15, 0.2) is 5.69 Å². The van der Waals surface area contributed by atoms with Crippen molar-refractivity contribution in [1.82, 2.24) is 14.5 Å². The zero-order chi connectivity index (χ0) is 13.3. The molecule has 0 aliphatic heterocycles. The molecule has 6 heteroatoms. The lowest BCUT2D eigenvalue weighted by atomic mass is 10.3. The van der Waals surface area contributed by atoms with E-state index in [4.69, 9.17) is 5.73 Å². The second-order valence-corrected chi connectivity index (χ2v) is 3.88. The first kappa shape index (κ1) is 12.1. The van der Waals surface area contributed by atoms with Gasteiger partial charge in [-0.05, 0) is 26.0 Å². The fourth-order valence-electron chi connectivity index (χ4n) is 1.71. The zero-order valence-corrected chi connectivity index (χ0v) is 10.5. The number of esters is 1. The maximum absolute atomic E-state index is 11.5. The quantitative estimate of drug-likeness (QED) is 0.806. The zero-order valence-electron chi connectivity index (χ0n) is 10.5. The number of carbonyl (C=O) groups is 1. The molecule has 2 N–H and O–H groups in total. The molecule has 0 amide bonds. The van der Waals surface area contributed by atoms with Crippen molar-refractivity contribution in [2.75, 3.05) is 12.8 Å². The van der Waals surface area contributed by atoms with Crippen LogP contribution in [0.2, 0.25) is 0 Å². The van der Waals surface area contributed by atoms with Gasteiger partial charge in [-0.25, -0.2) is 9.78 Å². The number of anilines is 1. The lowest BCUT2D eigenvalue weighted by Gasteiger charge is -2.07. The highest BCUT2D eigenvalue weighted by molar-refractivity contribution is 5.92. The summed E-state index contributed by atoms with van der Waals surface area (Å²) in [5, 5.41) is 0. The first-order valence-electron chi connectivity index (χ1n) is 5.40. The second kappa shape index (κ2) is 4.48. The largest absolute Gasteiger partial charge is 0.464 e. The van der Waals surface area contributed by atoms with Crippen molar-refractivity contribution in [2.45, 2.75) is 13.8 Å². The molecule has 0 atom stereocenters. The molecule has 0 saturated heterocycles. The summed E-state index contributed by atoms with van der Waals surface area (Å²) in [5.74, 6) is 0.318. The van der Waals surface area contributed by atoms with Crippen LogP contribution in [0.25, 0.3) is 5.69 Å². The molecule has 2 heterocycles. The van der Waals surface area contributed by atoms with Gasteiger partial charge in [-0.3, -0.25) is 9.55 Å². The van der Waals surface area contributed by atoms with Crippen molar-refractivity contribution in [3.05, 3.63) is 35.5 Å². The Morgan fingerprint density at radius 1 is 1.39 bits per heavy atom. The van der Waals surface area contributed by atoms with E-state index in [9.17, 15) is 4.79 Å². The molecule has 0 fully saturated rings. The van der Waals surface area contributed by atoms with Crippen molar-refractivity contribution in [1.29, 1.82) is 0 Å². The summed E-state index contributed by atoms with van der Waals surface area (Å²) in [6, 6.07) is 3.74. The van der Waals surface area contributed by atoms with Crippen molar-refractivity contribution >= 4 is 11.8 Å². The normalized spacial score (nSPS) is 10.4. The van der Waals surface area contributed by atoms with Crippen LogP contribution >= 0.6 is 0 Å². The predicted octanol–water partition coefficient (Wildman–Crippen LogP) is 1.25. The third-order valence-corrected chi connectivity index (χ3v) is 2.61. The number of aromatic nitrogens is 3. The van der Waals surface area contributed by atoms with Gasteiger partial charge in [0.2, 0.25) is 0 Å². The minimum atomic E-state index is -0.547. The van der Waals surface area contributed by atoms with Crippen molar-refractivity contribution in [3.63, 3.8) is 0 Å². The van der Waals surface area contributed by atoms with Gasteiger partial charge in [-0.1, -0.05) is 0 Å². The fourth-order valence-corrected chi connectivity index (χ4v) is 1.71. The standard InChI is InChI=1S/C12H14N4O2/c1-7-4-5-9(6-14-7)16-8(2)15-10(11(16)13)12(17)18-3/h4-6H,13H2,1-3H3. The summed E-state index contributed by atoms with van der Waals surface area (Å²) in [6.07, 6.45) is 1.68. The van der Waals surface area contributed by atoms with E-state index in [2.05, 4.69) is 14.7 Å². The van der Waals surface area contributed by atoms with Crippen LogP contribution in [0.5, 0.6) is 0 Å². The Kier molecular flexibility index (Phi) is 3.01. The average Bonchev–Trinajstić information content (AvgIpc) is 2.65. The third kappa shape index (κ3) is 1.92. The highest BCUT2D eigenvalue weighted by Crippen LogP contribution is 2.20. The molecule has 0 saturated carbocycles. The molecule has 0 aliphatic rings. The monoisotopic (exact) mass is 246 g/mol. The maximum atomic E-state index is 11.5. The Balaban J connectivity index is 2.55. The minimum absolute atomic E-state index is 0.121. The van der Waals surface area contributed by atoms with Crippen molar-refractivity contribution in [3.8, 4) is 5.69 Å². The number of pyridine rings is 1. The number of imidazole rings is 1. The van der Waals surface area contributed by atoms with E-state index >= 15 is 0 Å². The van der Waals surface area contributed by atoms with Gasteiger partial charge in [-0.2, -0.15) is 0 Å². The van der Waals surface area contributed by atoms with Gasteiger partial charge in [0.1, 0.15) is 11.6 Å². The number of rotatable bonds is 2. The summed E-state index contributed by atoms with van der Waals surface area (Å²) in [7, 11) is 1.30. The lowest BCUT2D eigenvalue weighted by Crippen LogP contribution is -2.08. The topological polar surface area (TPSA) is 83.0 Å². The molecule has 0 aliphatic carbocycles. The molecule has 0 spiro atoms. The van der Waals surface area contributed by atoms with E-state index < -0.39 is 5.97 Å². The van der Waals surface area contributed by atoms with Gasteiger partial charge in [0.25, 0.3) is 0 Å². The number of nitrogen functional groups attached to an aromatic ring is 1. The highest BCUT2D eigenvalue weighted by Gasteiger charge is 2.19. The number of methoxy groups -OCH3 is 1. The van der Waals surface area contributed by atoms with Crippen LogP contribution in [0.4, 0.5) is 5.82 Å². The second-order valence-electron chi connectivity index (χ2n) is 3.88. The maximum Gasteiger partial charge on any atom is 0.360 e. The van der Waals surface area contributed by atoms with Gasteiger partial charge in [-0.15, -0.1) is 0 Å². The van der Waals surface area contributed by atoms with Gasteiger partial charge >= 0.3 is 5.97 Å². The Morgan fingerprint density at radius 3 is 2.67 bits per heavy atom. The van der Waals surface area contributed by atoms with E-state index in [1.807, 2.05) is 19.1 Å². The van der Waals surface area contributed by atoms with Crippen LogP contribution in [-0.2, 0) is 4.74 Å². The molecule has 0 bridgehead atoms. The molecule has 6 nitrogen and oxygen atoms in total. The smallest absolute Gasteiger partial charge is 0.360 e. The number of ether oxygens (including phenoxy) is 1. The summed E-state index contributed by atoms with van der Waals surface area (Å²) in [5.41, 5.74) is 7.71. The number of hydrogen-bond donors (Lipinski definition) is 1. The number of hydrogen-bond acceptors (Lipinski definition) is 5. The van der Waals surface area contributed by atoms with Gasteiger partial charge in [0, 0.05) is 5.69 Å². The van der Waals surface area contributed by atoms with Crippen LogP contribution < -0.4 is 5.73 Å². The van der Waals surface area contributed by atoms with E-state index in [1.54, 1.807) is 17.7 Å². The van der Waals surface area contributed by atoms with E-state index in [0.29, 0.717) is 5.82 Å². The van der Waals surface area contributed by atoms with Gasteiger partial charge < -0.3 is 10.5 Å². The number of carbonyl (C=O) groups excluding carboxylic acids is 1. The molecular weight excluding hydrogens is 232 g/mol. The van der Waals surface area contributed by atoms with E-state index in [0.717, 1.165) is 11.4 Å². The van der Waals surface area contributed by atoms with E-state index in [-0.39, 0.29) is 11.5 Å². The van der Waals surface area contributed by atoms with Crippen LogP contribution in [0.1, 0.15) is 22.0 Å². The predicted molar refractivity (Wildman–Crippen MR) is 66.6 cm³/mol. The fraction of sp³-hybridized carbons (Fsp3) is 0.250. The van der Waals surface area contributed by atoms with E-state index in [1.165, 1.54) is 7.11 Å². The summed E-state index contributed by atoms with van der Waals surface area (Å²) < 4.78 is 6.30. The Hall–Kier alpha value is -2.37. The molecule has 2 aromatic heterocycles. The van der Waals surface area contributed by atoms with Crippen LogP contribution in [0, 0.1) is 13.8 Å². The average molecular weight is 246 g/mol. The Bertz CT molecular complexity index is 587. The summed E-state index contributed by atoms with van der Waals surface area (Å²) in [6.45, 7) is 3.66. The lowest BCUT2D eigenvalue weighted by molar-refractivity contribution is 0.0596. The molecule has 0 unspecified atom stereocenters. The third-order valence-electron chi connectivity index (χ3n) is 2.61. The van der Waals surface area contributed by atoms with Crippen LogP contribution in [-0.4, -0.2) is 27.6 Å². The molecule has 2 aromatic rings. The molecular formula is C12H14N4O2. The Labute approximate surface area is 104 Å². The van der Waals surface area contributed by atoms with Crippen LogP contribution in [0.3, 0.4) is 0 Å². The first-order valence-corrected chi connectivity index (χ1v) is 5.40. The molecule has 0 aromatic carbocycles. The highest BCUT2D eigenvalue weighted by atomic mass is 16.5. The van der Waals surface area contributed by atoms with Crippen molar-refractivity contribution in [2.24, 2.45) is 0 Å². The minimum Gasteiger partial charge on any atom is -0.464 e. The van der Waals surface area contributed by atoms with Gasteiger partial charge in [0.05, 0.1) is 19.0 Å². The summed E-state index contributed by atoms with van der Waals surface area (Å²) in [4.78, 5) is 19.8. The Morgan fingerprint density at radius 2 is 2.11 bits per heavy atom. The molecule has 94 valence electrons. The molecule has 18 heavy (non-hydrogen) atoms. The number of nitrogens with two attached hydrogens (primary N) is 1. The molecule has 0 radical (unpaired) electrons. The van der Waals surface area contributed by atoms with Crippen LogP contribution in [0.15, 0.2) is 18.3 Å². The molecule has 2 rings (SSSR count). The van der Waals surface area contributed by atoms with Crippen molar-refractivity contribution < 1.29 is 9.53 Å². The first-order chi connectivity index (χ1) is 8.54.